The number of aromatic nitrogens is 2. The number of nitrogens with one attached hydrogen (secondary N) is 1. The highest BCUT2D eigenvalue weighted by Gasteiger charge is 2.20. The monoisotopic (exact) mass is 404 g/mol. The number of carbonyl (C=O) groups excluding carboxylic acids is 2. The maximum absolute atomic E-state index is 11.3. The number of hydrogen-bond donors (Lipinski definition) is 1. The fourth-order valence-electron chi connectivity index (χ4n) is 3.46. The van der Waals surface area contributed by atoms with Crippen LogP contribution in [0, 0.1) is 0 Å². The zero-order valence-electron chi connectivity index (χ0n) is 18.6. The number of carbonyl (C=O) groups is 2. The molecule has 0 amide bonds. The Bertz CT molecular complexity index is 691. The first-order chi connectivity index (χ1) is 13.7. The molecule has 0 unspecified atom stereocenters. The third kappa shape index (κ3) is 8.18. The smallest absolute Gasteiger partial charge is 0.173 e. The molecule has 3 aliphatic heterocycles. The van der Waals surface area contributed by atoms with Crippen molar-refractivity contribution >= 4 is 11.6 Å². The summed E-state index contributed by atoms with van der Waals surface area (Å²) >= 11 is 0. The van der Waals surface area contributed by atoms with E-state index in [0.717, 1.165) is 51.1 Å². The highest BCUT2D eigenvalue weighted by molar-refractivity contribution is 5.99. The number of hydrogen-bond acceptors (Lipinski definition) is 7. The lowest BCUT2D eigenvalue weighted by Crippen LogP contribution is -2.13. The minimum Gasteiger partial charge on any atom is -0.309 e. The molecule has 1 N–H and O–H groups in total. The Morgan fingerprint density at radius 3 is 2.24 bits per heavy atom. The lowest BCUT2D eigenvalue weighted by atomic mass is 10.2. The van der Waals surface area contributed by atoms with Crippen molar-refractivity contribution in [3.05, 3.63) is 29.1 Å². The van der Waals surface area contributed by atoms with E-state index >= 15 is 0 Å². The van der Waals surface area contributed by atoms with Gasteiger partial charge in [-0.05, 0) is 41.7 Å². The molecule has 0 aromatic carbocycles. The van der Waals surface area contributed by atoms with Gasteiger partial charge in [-0.2, -0.15) is 5.10 Å². The number of ketones is 2. The van der Waals surface area contributed by atoms with Gasteiger partial charge >= 0.3 is 0 Å². The molecule has 29 heavy (non-hydrogen) atoms. The van der Waals surface area contributed by atoms with Gasteiger partial charge in [0.1, 0.15) is 5.78 Å². The van der Waals surface area contributed by atoms with E-state index in [0.29, 0.717) is 24.7 Å². The molecule has 1 aromatic rings. The van der Waals surface area contributed by atoms with E-state index < -0.39 is 0 Å². The second-order valence-electron chi connectivity index (χ2n) is 8.49. The number of likely N-dealkylation sites (N-methyl/N-ethyl adjacent to an activating group) is 2. The molecule has 8 nitrogen and oxygen atoms in total. The van der Waals surface area contributed by atoms with Crippen molar-refractivity contribution in [3.8, 4) is 0 Å². The molecule has 8 heteroatoms. The topological polar surface area (TPSA) is 75.8 Å². The van der Waals surface area contributed by atoms with Crippen LogP contribution in [0.1, 0.15) is 24.1 Å². The molecule has 0 aliphatic carbocycles. The number of aromatic amines is 1. The zero-order valence-corrected chi connectivity index (χ0v) is 18.6. The Morgan fingerprint density at radius 2 is 1.76 bits per heavy atom. The Labute approximate surface area is 174 Å². The molecule has 0 spiro atoms. The minimum atomic E-state index is 0.293. The van der Waals surface area contributed by atoms with Crippen LogP contribution in [-0.4, -0.2) is 109 Å². The molecule has 2 saturated heterocycles. The molecule has 162 valence electrons. The number of rotatable bonds is 3. The summed E-state index contributed by atoms with van der Waals surface area (Å²) in [4.78, 5) is 30.2. The van der Waals surface area contributed by atoms with E-state index in [1.165, 1.54) is 11.3 Å². The van der Waals surface area contributed by atoms with Crippen LogP contribution in [0.2, 0.25) is 0 Å². The highest BCUT2D eigenvalue weighted by Crippen LogP contribution is 2.16. The fraction of sp³-hybridized carbons (Fsp3) is 0.667. The van der Waals surface area contributed by atoms with Crippen molar-refractivity contribution < 1.29 is 9.59 Å². The molecule has 0 saturated carbocycles. The second kappa shape index (κ2) is 11.3. The SMILES string of the molecule is CN(C)CC/C=C1/CN(C)CC1=O.CN1CCC(=O)C1.CN1Cc2cn[nH]c2C1. The van der Waals surface area contributed by atoms with E-state index in [-0.39, 0.29) is 0 Å². The fourth-order valence-corrected chi connectivity index (χ4v) is 3.46. The van der Waals surface area contributed by atoms with Crippen LogP contribution in [0.5, 0.6) is 0 Å². The average Bonchev–Trinajstić information content (AvgIpc) is 3.36. The Balaban J connectivity index is 0.000000163. The largest absolute Gasteiger partial charge is 0.309 e. The zero-order chi connectivity index (χ0) is 21.4. The summed E-state index contributed by atoms with van der Waals surface area (Å²) in [5, 5.41) is 6.88. The van der Waals surface area contributed by atoms with Gasteiger partial charge in [-0.15, -0.1) is 0 Å². The van der Waals surface area contributed by atoms with Gasteiger partial charge in [0, 0.05) is 50.3 Å². The summed E-state index contributed by atoms with van der Waals surface area (Å²) in [6, 6.07) is 0. The number of H-pyrrole nitrogens is 1. The van der Waals surface area contributed by atoms with Gasteiger partial charge < -0.3 is 4.90 Å². The Hall–Kier alpha value is -1.87. The normalized spacial score (nSPS) is 21.4. The number of Topliss-reactive ketones (excluding diaryl/α,β-unsaturated/α-hetero) is 2. The first kappa shape index (κ1) is 23.4. The second-order valence-corrected chi connectivity index (χ2v) is 8.49. The van der Waals surface area contributed by atoms with E-state index in [1.54, 1.807) is 0 Å². The van der Waals surface area contributed by atoms with E-state index in [4.69, 9.17) is 0 Å². The summed E-state index contributed by atoms with van der Waals surface area (Å²) in [7, 11) is 10.1. The maximum Gasteiger partial charge on any atom is 0.173 e. The summed E-state index contributed by atoms with van der Waals surface area (Å²) in [6.07, 6.45) is 5.71. The first-order valence-corrected chi connectivity index (χ1v) is 10.2. The van der Waals surface area contributed by atoms with Gasteiger partial charge in [-0.25, -0.2) is 0 Å². The van der Waals surface area contributed by atoms with Gasteiger partial charge in [0.25, 0.3) is 0 Å². The van der Waals surface area contributed by atoms with Crippen LogP contribution in [0.15, 0.2) is 17.8 Å². The summed E-state index contributed by atoms with van der Waals surface area (Å²) in [6.45, 7) is 6.13. The van der Waals surface area contributed by atoms with Crippen LogP contribution < -0.4 is 0 Å². The van der Waals surface area contributed by atoms with Gasteiger partial charge in [0.05, 0.1) is 25.0 Å². The van der Waals surface area contributed by atoms with Crippen molar-refractivity contribution in [3.63, 3.8) is 0 Å². The minimum absolute atomic E-state index is 0.293. The highest BCUT2D eigenvalue weighted by atomic mass is 16.1. The van der Waals surface area contributed by atoms with Gasteiger partial charge in [0.2, 0.25) is 0 Å². The van der Waals surface area contributed by atoms with Crippen molar-refractivity contribution in [2.45, 2.75) is 25.9 Å². The Morgan fingerprint density at radius 1 is 1.03 bits per heavy atom. The van der Waals surface area contributed by atoms with Crippen molar-refractivity contribution in [2.75, 3.05) is 68.0 Å². The van der Waals surface area contributed by atoms with Crippen LogP contribution in [0.25, 0.3) is 0 Å². The maximum atomic E-state index is 11.3. The third-order valence-corrected chi connectivity index (χ3v) is 5.07. The molecule has 2 fully saturated rings. The molecular formula is C21H36N6O2. The summed E-state index contributed by atoms with van der Waals surface area (Å²) in [5.41, 5.74) is 3.61. The van der Waals surface area contributed by atoms with Gasteiger partial charge in [-0.3, -0.25) is 29.4 Å². The van der Waals surface area contributed by atoms with Crippen LogP contribution >= 0.6 is 0 Å². The predicted molar refractivity (Wildman–Crippen MR) is 115 cm³/mol. The number of fused-ring (bicyclic) bond motifs is 1. The number of likely N-dealkylation sites (tertiary alicyclic amines) is 2. The average molecular weight is 405 g/mol. The molecule has 4 rings (SSSR count). The lowest BCUT2D eigenvalue weighted by molar-refractivity contribution is -0.117. The van der Waals surface area contributed by atoms with Gasteiger partial charge in [0.15, 0.2) is 5.78 Å². The molecule has 0 radical (unpaired) electrons. The van der Waals surface area contributed by atoms with Crippen LogP contribution in [0.3, 0.4) is 0 Å². The molecule has 0 bridgehead atoms. The molecule has 3 aliphatic rings. The van der Waals surface area contributed by atoms with Gasteiger partial charge in [-0.1, -0.05) is 6.08 Å². The van der Waals surface area contributed by atoms with E-state index in [9.17, 15) is 9.59 Å². The molecular weight excluding hydrogens is 368 g/mol. The summed E-state index contributed by atoms with van der Waals surface area (Å²) < 4.78 is 0. The van der Waals surface area contributed by atoms with Crippen molar-refractivity contribution in [2.24, 2.45) is 0 Å². The van der Waals surface area contributed by atoms with Crippen molar-refractivity contribution in [1.82, 2.24) is 29.8 Å². The van der Waals surface area contributed by atoms with Crippen LogP contribution in [0.4, 0.5) is 0 Å². The third-order valence-electron chi connectivity index (χ3n) is 5.07. The summed E-state index contributed by atoms with van der Waals surface area (Å²) in [5.74, 6) is 0.670. The Kier molecular flexibility index (Phi) is 9.16. The van der Waals surface area contributed by atoms with Crippen molar-refractivity contribution in [1.29, 1.82) is 0 Å². The number of nitrogens with zero attached hydrogens (tertiary/aromatic N) is 5. The first-order valence-electron chi connectivity index (χ1n) is 10.2. The van der Waals surface area contributed by atoms with E-state index in [2.05, 4.69) is 33.1 Å². The molecule has 4 heterocycles. The molecule has 0 atom stereocenters. The standard InChI is InChI=1S/C10H18N2O.C6H9N3.C5H9NO/c1-11(2)6-4-5-9-7-12(3)8-10(9)13;1-9-3-5-2-7-8-6(5)4-9;1-6-3-2-5(7)4-6/h5H,4,6-8H2,1-3H3;2H,3-4H2,1H3,(H,7,8);2-4H2,1H3/b9-5-;;. The predicted octanol–water partition coefficient (Wildman–Crippen LogP) is 0.625. The van der Waals surface area contributed by atoms with E-state index in [1.807, 2.05) is 44.2 Å². The lowest BCUT2D eigenvalue weighted by Gasteiger charge is -2.06. The molecule has 1 aromatic heterocycles. The van der Waals surface area contributed by atoms with Crippen LogP contribution in [-0.2, 0) is 22.7 Å². The quantitative estimate of drug-likeness (QED) is 0.741.